The van der Waals surface area contributed by atoms with Crippen molar-refractivity contribution in [3.05, 3.63) is 45.2 Å². The molecule has 0 aliphatic heterocycles. The molecule has 2 aromatic rings. The number of hydrogen-bond donors (Lipinski definition) is 1. The van der Waals surface area contributed by atoms with Gasteiger partial charge in [0.15, 0.2) is 0 Å². The average molecular weight is 324 g/mol. The van der Waals surface area contributed by atoms with Crippen LogP contribution in [0.5, 0.6) is 0 Å². The highest BCUT2D eigenvalue weighted by molar-refractivity contribution is 9.10. The van der Waals surface area contributed by atoms with E-state index in [1.165, 1.54) is 20.9 Å². The van der Waals surface area contributed by atoms with Crippen LogP contribution < -0.4 is 5.73 Å². The first-order chi connectivity index (χ1) is 8.49. The Morgan fingerprint density at radius 2 is 1.89 bits per heavy atom. The van der Waals surface area contributed by atoms with Gasteiger partial charge in [-0.3, -0.25) is 0 Å². The number of benzene rings is 1. The Bertz CT molecular complexity index is 545. The van der Waals surface area contributed by atoms with Crippen molar-refractivity contribution in [1.82, 2.24) is 0 Å². The Hall–Kier alpha value is -0.640. The van der Waals surface area contributed by atoms with Gasteiger partial charge in [0.2, 0.25) is 0 Å². The third-order valence-electron chi connectivity index (χ3n) is 3.14. The van der Waals surface area contributed by atoms with Crippen LogP contribution in [0.3, 0.4) is 0 Å². The highest BCUT2D eigenvalue weighted by atomic mass is 79.9. The molecule has 1 aromatic carbocycles. The van der Waals surface area contributed by atoms with Gasteiger partial charge in [0.25, 0.3) is 0 Å². The summed E-state index contributed by atoms with van der Waals surface area (Å²) in [5.41, 5.74) is 8.78. The average Bonchev–Trinajstić information content (AvgIpc) is 2.80. The van der Waals surface area contributed by atoms with E-state index in [1.54, 1.807) is 11.3 Å². The number of thiophene rings is 1. The van der Waals surface area contributed by atoms with E-state index < -0.39 is 0 Å². The molecule has 0 aliphatic carbocycles. The SMILES string of the molecule is Cc1ccc(Br)cc1-c1ccc(C(N)C(C)C)s1. The van der Waals surface area contributed by atoms with Crippen molar-refractivity contribution >= 4 is 27.3 Å². The minimum Gasteiger partial charge on any atom is -0.323 e. The lowest BCUT2D eigenvalue weighted by molar-refractivity contribution is 0.521. The molecule has 2 N–H and O–H groups in total. The van der Waals surface area contributed by atoms with Crippen LogP contribution in [0.1, 0.15) is 30.3 Å². The van der Waals surface area contributed by atoms with Crippen molar-refractivity contribution < 1.29 is 0 Å². The predicted molar refractivity (Wildman–Crippen MR) is 84.0 cm³/mol. The van der Waals surface area contributed by atoms with E-state index in [1.807, 2.05) is 0 Å². The molecule has 0 bridgehead atoms. The largest absolute Gasteiger partial charge is 0.323 e. The van der Waals surface area contributed by atoms with Crippen LogP contribution in [0.4, 0.5) is 0 Å². The Kier molecular flexibility index (Phi) is 4.25. The van der Waals surface area contributed by atoms with Gasteiger partial charge in [0, 0.05) is 20.3 Å². The van der Waals surface area contributed by atoms with Crippen molar-refractivity contribution in [3.8, 4) is 10.4 Å². The first-order valence-corrected chi connectivity index (χ1v) is 7.72. The zero-order valence-corrected chi connectivity index (χ0v) is 13.3. The highest BCUT2D eigenvalue weighted by Crippen LogP contribution is 2.35. The number of rotatable bonds is 3. The predicted octanol–water partition coefficient (Wildman–Crippen LogP) is 5.14. The van der Waals surface area contributed by atoms with Gasteiger partial charge >= 0.3 is 0 Å². The quantitative estimate of drug-likeness (QED) is 0.831. The lowest BCUT2D eigenvalue weighted by Gasteiger charge is -2.13. The molecule has 1 nitrogen and oxygen atoms in total. The van der Waals surface area contributed by atoms with Gasteiger partial charge in [0.1, 0.15) is 0 Å². The molecule has 1 unspecified atom stereocenters. The summed E-state index contributed by atoms with van der Waals surface area (Å²) in [5.74, 6) is 0.472. The van der Waals surface area contributed by atoms with E-state index in [2.05, 4.69) is 67.0 Å². The fourth-order valence-corrected chi connectivity index (χ4v) is 3.49. The lowest BCUT2D eigenvalue weighted by atomic mass is 10.0. The minimum atomic E-state index is 0.135. The molecule has 18 heavy (non-hydrogen) atoms. The maximum absolute atomic E-state index is 6.20. The molecule has 0 spiro atoms. The summed E-state index contributed by atoms with van der Waals surface area (Å²) in [6.07, 6.45) is 0. The summed E-state index contributed by atoms with van der Waals surface area (Å²) in [6, 6.07) is 10.9. The van der Waals surface area contributed by atoms with E-state index in [4.69, 9.17) is 5.73 Å². The van der Waals surface area contributed by atoms with Crippen LogP contribution >= 0.6 is 27.3 Å². The van der Waals surface area contributed by atoms with E-state index >= 15 is 0 Å². The molecule has 96 valence electrons. The summed E-state index contributed by atoms with van der Waals surface area (Å²) in [6.45, 7) is 6.46. The molecule has 1 atom stereocenters. The maximum Gasteiger partial charge on any atom is 0.0413 e. The fourth-order valence-electron chi connectivity index (χ4n) is 1.86. The zero-order valence-electron chi connectivity index (χ0n) is 10.9. The third kappa shape index (κ3) is 2.85. The van der Waals surface area contributed by atoms with Crippen LogP contribution in [0.25, 0.3) is 10.4 Å². The normalized spacial score (nSPS) is 13.0. The molecule has 0 aliphatic rings. The van der Waals surface area contributed by atoms with Crippen molar-refractivity contribution in [2.24, 2.45) is 11.7 Å². The first-order valence-electron chi connectivity index (χ1n) is 6.11. The monoisotopic (exact) mass is 323 g/mol. The molecule has 0 saturated heterocycles. The second-order valence-electron chi connectivity index (χ2n) is 4.93. The Labute approximate surface area is 121 Å². The molecular formula is C15H18BrNS. The van der Waals surface area contributed by atoms with Crippen molar-refractivity contribution in [3.63, 3.8) is 0 Å². The smallest absolute Gasteiger partial charge is 0.0413 e. The Morgan fingerprint density at radius 3 is 2.56 bits per heavy atom. The van der Waals surface area contributed by atoms with Crippen LogP contribution in [0.2, 0.25) is 0 Å². The fraction of sp³-hybridized carbons (Fsp3) is 0.333. The van der Waals surface area contributed by atoms with E-state index in [0.29, 0.717) is 5.92 Å². The maximum atomic E-state index is 6.20. The summed E-state index contributed by atoms with van der Waals surface area (Å²) in [4.78, 5) is 2.55. The molecule has 0 amide bonds. The number of hydrogen-bond acceptors (Lipinski definition) is 2. The van der Waals surface area contributed by atoms with Crippen LogP contribution in [-0.2, 0) is 0 Å². The highest BCUT2D eigenvalue weighted by Gasteiger charge is 2.14. The second-order valence-corrected chi connectivity index (χ2v) is 6.96. The second kappa shape index (κ2) is 5.55. The van der Waals surface area contributed by atoms with Crippen molar-refractivity contribution in [2.45, 2.75) is 26.8 Å². The van der Waals surface area contributed by atoms with Gasteiger partial charge in [-0.25, -0.2) is 0 Å². The zero-order chi connectivity index (χ0) is 13.3. The number of halogens is 1. The van der Waals surface area contributed by atoms with Gasteiger partial charge < -0.3 is 5.73 Å². The van der Waals surface area contributed by atoms with Crippen LogP contribution in [0, 0.1) is 12.8 Å². The van der Waals surface area contributed by atoms with Gasteiger partial charge in [-0.1, -0.05) is 35.8 Å². The Balaban J connectivity index is 2.38. The van der Waals surface area contributed by atoms with E-state index in [0.717, 1.165) is 4.47 Å². The molecule has 0 fully saturated rings. The first kappa shape index (κ1) is 13.8. The molecule has 1 heterocycles. The lowest BCUT2D eigenvalue weighted by Crippen LogP contribution is -2.14. The number of aryl methyl sites for hydroxylation is 1. The molecule has 1 aromatic heterocycles. The van der Waals surface area contributed by atoms with Crippen LogP contribution in [0.15, 0.2) is 34.8 Å². The molecule has 3 heteroatoms. The van der Waals surface area contributed by atoms with Gasteiger partial charge in [-0.15, -0.1) is 11.3 Å². The Morgan fingerprint density at radius 1 is 1.17 bits per heavy atom. The van der Waals surface area contributed by atoms with Gasteiger partial charge in [-0.2, -0.15) is 0 Å². The van der Waals surface area contributed by atoms with E-state index in [-0.39, 0.29) is 6.04 Å². The molecular weight excluding hydrogens is 306 g/mol. The minimum absolute atomic E-state index is 0.135. The van der Waals surface area contributed by atoms with E-state index in [9.17, 15) is 0 Å². The third-order valence-corrected chi connectivity index (χ3v) is 4.85. The van der Waals surface area contributed by atoms with Crippen LogP contribution in [-0.4, -0.2) is 0 Å². The number of nitrogens with two attached hydrogens (primary N) is 1. The van der Waals surface area contributed by atoms with Gasteiger partial charge in [-0.05, 0) is 48.2 Å². The topological polar surface area (TPSA) is 26.0 Å². The van der Waals surface area contributed by atoms with Gasteiger partial charge in [0.05, 0.1) is 0 Å². The molecule has 0 radical (unpaired) electrons. The van der Waals surface area contributed by atoms with Crippen molar-refractivity contribution in [1.29, 1.82) is 0 Å². The molecule has 2 rings (SSSR count). The summed E-state index contributed by atoms with van der Waals surface area (Å²) in [7, 11) is 0. The summed E-state index contributed by atoms with van der Waals surface area (Å²) >= 11 is 5.33. The molecule has 0 saturated carbocycles. The summed E-state index contributed by atoms with van der Waals surface area (Å²) in [5, 5.41) is 0. The van der Waals surface area contributed by atoms with Crippen molar-refractivity contribution in [2.75, 3.05) is 0 Å². The summed E-state index contributed by atoms with van der Waals surface area (Å²) < 4.78 is 1.12. The standard InChI is InChI=1S/C15H18BrNS/c1-9(2)15(17)14-7-6-13(18-14)12-8-11(16)5-4-10(12)3/h4-9,15H,17H2,1-3H3.